The van der Waals surface area contributed by atoms with Gasteiger partial charge in [0.15, 0.2) is 10.7 Å². The number of nitrogens with zero attached hydrogens (tertiary/aromatic N) is 3. The van der Waals surface area contributed by atoms with Gasteiger partial charge in [0.25, 0.3) is 0 Å². The standard InChI is InChI=1S/C23H27N5O3S/c1-2-31-23(29)20-21(27-22(32-20)16-6-8-25-9-7-16)26-14-18-17(4-3-5-19(18)24)15-28-10-12-30-13-11-28/h3-9,26H,2,10-15,24H2,1H3. The van der Waals surface area contributed by atoms with Crippen molar-refractivity contribution in [3.63, 3.8) is 0 Å². The van der Waals surface area contributed by atoms with E-state index in [2.05, 4.69) is 26.3 Å². The maximum Gasteiger partial charge on any atom is 0.352 e. The third kappa shape index (κ3) is 5.24. The molecule has 0 amide bonds. The first-order valence-corrected chi connectivity index (χ1v) is 11.5. The van der Waals surface area contributed by atoms with Crippen LogP contribution >= 0.6 is 11.3 Å². The number of anilines is 2. The van der Waals surface area contributed by atoms with Gasteiger partial charge in [-0.1, -0.05) is 12.1 Å². The van der Waals surface area contributed by atoms with Crippen LogP contribution in [0.2, 0.25) is 0 Å². The molecule has 1 aliphatic rings. The highest BCUT2D eigenvalue weighted by atomic mass is 32.1. The maximum atomic E-state index is 12.6. The Morgan fingerprint density at radius 1 is 1.25 bits per heavy atom. The fourth-order valence-corrected chi connectivity index (χ4v) is 4.52. The summed E-state index contributed by atoms with van der Waals surface area (Å²) >= 11 is 1.30. The van der Waals surface area contributed by atoms with Crippen molar-refractivity contribution >= 4 is 28.8 Å². The normalized spacial score (nSPS) is 14.3. The Labute approximate surface area is 191 Å². The Kier molecular flexibility index (Phi) is 7.31. The molecule has 0 aliphatic carbocycles. The number of carbonyl (C=O) groups is 1. The number of benzene rings is 1. The Bertz CT molecular complexity index is 1050. The number of ether oxygens (including phenoxy) is 2. The van der Waals surface area contributed by atoms with Crippen molar-refractivity contribution in [2.24, 2.45) is 0 Å². The molecule has 9 heteroatoms. The Balaban J connectivity index is 1.58. The molecule has 0 saturated carbocycles. The predicted octanol–water partition coefficient (Wildman–Crippen LogP) is 3.41. The molecule has 1 aliphatic heterocycles. The summed E-state index contributed by atoms with van der Waals surface area (Å²) in [6, 6.07) is 9.71. The van der Waals surface area contributed by atoms with Crippen LogP contribution in [0.3, 0.4) is 0 Å². The molecule has 2 aromatic heterocycles. The number of pyridine rings is 1. The van der Waals surface area contributed by atoms with Gasteiger partial charge in [-0.25, -0.2) is 9.78 Å². The minimum atomic E-state index is -0.387. The van der Waals surface area contributed by atoms with Crippen molar-refractivity contribution in [2.75, 3.05) is 44.0 Å². The number of hydrogen-bond donors (Lipinski definition) is 2. The van der Waals surface area contributed by atoms with Gasteiger partial charge in [-0.05, 0) is 36.2 Å². The molecule has 3 N–H and O–H groups in total. The van der Waals surface area contributed by atoms with Crippen LogP contribution in [0.4, 0.5) is 11.5 Å². The van der Waals surface area contributed by atoms with E-state index in [9.17, 15) is 4.79 Å². The first kappa shape index (κ1) is 22.2. The van der Waals surface area contributed by atoms with Crippen LogP contribution < -0.4 is 11.1 Å². The van der Waals surface area contributed by atoms with E-state index in [-0.39, 0.29) is 5.97 Å². The van der Waals surface area contributed by atoms with Gasteiger partial charge in [0.1, 0.15) is 5.01 Å². The molecule has 1 saturated heterocycles. The molecule has 1 fully saturated rings. The molecule has 1 aromatic carbocycles. The lowest BCUT2D eigenvalue weighted by molar-refractivity contribution is 0.0341. The van der Waals surface area contributed by atoms with Crippen molar-refractivity contribution in [3.05, 3.63) is 58.7 Å². The lowest BCUT2D eigenvalue weighted by atomic mass is 10.0. The van der Waals surface area contributed by atoms with E-state index in [4.69, 9.17) is 15.2 Å². The van der Waals surface area contributed by atoms with Gasteiger partial charge >= 0.3 is 5.97 Å². The van der Waals surface area contributed by atoms with Gasteiger partial charge in [-0.2, -0.15) is 0 Å². The molecule has 3 heterocycles. The number of aromatic nitrogens is 2. The maximum absolute atomic E-state index is 12.6. The van der Waals surface area contributed by atoms with E-state index in [1.807, 2.05) is 24.3 Å². The molecule has 32 heavy (non-hydrogen) atoms. The van der Waals surface area contributed by atoms with E-state index in [1.165, 1.54) is 11.3 Å². The number of rotatable bonds is 8. The van der Waals surface area contributed by atoms with Crippen LogP contribution in [0.5, 0.6) is 0 Å². The van der Waals surface area contributed by atoms with Crippen LogP contribution in [0, 0.1) is 0 Å². The van der Waals surface area contributed by atoms with Gasteiger partial charge in [-0.3, -0.25) is 9.88 Å². The second kappa shape index (κ2) is 10.5. The van der Waals surface area contributed by atoms with Crippen LogP contribution in [0.15, 0.2) is 42.7 Å². The second-order valence-corrected chi connectivity index (χ2v) is 8.38. The molecule has 8 nitrogen and oxygen atoms in total. The first-order chi connectivity index (χ1) is 15.7. The zero-order valence-corrected chi connectivity index (χ0v) is 18.9. The zero-order chi connectivity index (χ0) is 22.3. The molecule has 0 atom stereocenters. The largest absolute Gasteiger partial charge is 0.462 e. The molecular weight excluding hydrogens is 426 g/mol. The number of thiazole rings is 1. The number of morpholine rings is 1. The van der Waals surface area contributed by atoms with Gasteiger partial charge in [-0.15, -0.1) is 11.3 Å². The summed E-state index contributed by atoms with van der Waals surface area (Å²) in [4.78, 5) is 24.1. The summed E-state index contributed by atoms with van der Waals surface area (Å²) in [6.07, 6.45) is 3.41. The molecule has 4 rings (SSSR count). The average Bonchev–Trinajstić information content (AvgIpc) is 3.25. The summed E-state index contributed by atoms with van der Waals surface area (Å²) < 4.78 is 10.7. The molecule has 0 bridgehead atoms. The molecule has 3 aromatic rings. The van der Waals surface area contributed by atoms with Gasteiger partial charge < -0.3 is 20.5 Å². The summed E-state index contributed by atoms with van der Waals surface area (Å²) in [5.41, 5.74) is 10.1. The highest BCUT2D eigenvalue weighted by Gasteiger charge is 2.21. The molecule has 168 valence electrons. The molecule has 0 radical (unpaired) electrons. The smallest absolute Gasteiger partial charge is 0.352 e. The predicted molar refractivity (Wildman–Crippen MR) is 126 cm³/mol. The summed E-state index contributed by atoms with van der Waals surface area (Å²) in [7, 11) is 0. The minimum absolute atomic E-state index is 0.302. The van der Waals surface area contributed by atoms with E-state index in [1.54, 1.807) is 19.3 Å². The van der Waals surface area contributed by atoms with Crippen LogP contribution in [0.25, 0.3) is 10.6 Å². The summed E-state index contributed by atoms with van der Waals surface area (Å²) in [6.45, 7) is 6.64. The third-order valence-corrected chi connectivity index (χ3v) is 6.34. The van der Waals surface area contributed by atoms with Crippen molar-refractivity contribution in [3.8, 4) is 10.6 Å². The number of carbonyl (C=O) groups excluding carboxylic acids is 1. The number of nitrogen functional groups attached to an aromatic ring is 1. The Morgan fingerprint density at radius 3 is 2.78 bits per heavy atom. The van der Waals surface area contributed by atoms with E-state index >= 15 is 0 Å². The third-order valence-electron chi connectivity index (χ3n) is 5.25. The van der Waals surface area contributed by atoms with E-state index in [0.29, 0.717) is 29.5 Å². The van der Waals surface area contributed by atoms with Crippen molar-refractivity contribution in [1.82, 2.24) is 14.9 Å². The minimum Gasteiger partial charge on any atom is -0.462 e. The zero-order valence-electron chi connectivity index (χ0n) is 18.0. The van der Waals surface area contributed by atoms with Gasteiger partial charge in [0.2, 0.25) is 0 Å². The first-order valence-electron chi connectivity index (χ1n) is 10.6. The number of nitrogens with two attached hydrogens (primary N) is 1. The average molecular weight is 454 g/mol. The van der Waals surface area contributed by atoms with Crippen molar-refractivity contribution < 1.29 is 14.3 Å². The highest BCUT2D eigenvalue weighted by Crippen LogP contribution is 2.32. The Hall–Kier alpha value is -3.01. The fourth-order valence-electron chi connectivity index (χ4n) is 3.58. The highest BCUT2D eigenvalue weighted by molar-refractivity contribution is 7.17. The molecular formula is C23H27N5O3S. The quantitative estimate of drug-likeness (QED) is 0.395. The van der Waals surface area contributed by atoms with E-state index in [0.717, 1.165) is 54.5 Å². The lowest BCUT2D eigenvalue weighted by Gasteiger charge is -2.27. The molecule has 0 spiro atoms. The summed E-state index contributed by atoms with van der Waals surface area (Å²) in [5, 5.41) is 4.07. The second-order valence-electron chi connectivity index (χ2n) is 7.38. The van der Waals surface area contributed by atoms with Crippen LogP contribution in [-0.2, 0) is 22.6 Å². The van der Waals surface area contributed by atoms with Crippen molar-refractivity contribution in [2.45, 2.75) is 20.0 Å². The molecule has 0 unspecified atom stereocenters. The van der Waals surface area contributed by atoms with E-state index < -0.39 is 0 Å². The van der Waals surface area contributed by atoms with Crippen LogP contribution in [0.1, 0.15) is 27.7 Å². The topological polar surface area (TPSA) is 103 Å². The number of hydrogen-bond acceptors (Lipinski definition) is 9. The Morgan fingerprint density at radius 2 is 2.03 bits per heavy atom. The van der Waals surface area contributed by atoms with Gasteiger partial charge in [0, 0.05) is 49.8 Å². The number of nitrogens with one attached hydrogen (secondary N) is 1. The van der Waals surface area contributed by atoms with Gasteiger partial charge in [0.05, 0.1) is 19.8 Å². The monoisotopic (exact) mass is 453 g/mol. The SMILES string of the molecule is CCOC(=O)c1sc(-c2ccncc2)nc1NCc1c(N)cccc1CN1CCOCC1. The van der Waals surface area contributed by atoms with Crippen LogP contribution in [-0.4, -0.2) is 53.7 Å². The van der Waals surface area contributed by atoms with Crippen molar-refractivity contribution in [1.29, 1.82) is 0 Å². The lowest BCUT2D eigenvalue weighted by Crippen LogP contribution is -2.36. The number of esters is 1. The summed E-state index contributed by atoms with van der Waals surface area (Å²) in [5.74, 6) is 0.114. The fraction of sp³-hybridized carbons (Fsp3) is 0.348.